The van der Waals surface area contributed by atoms with Crippen molar-refractivity contribution in [2.45, 2.75) is 51.6 Å². The molecule has 2 unspecified atom stereocenters. The van der Waals surface area contributed by atoms with Gasteiger partial charge in [0.2, 0.25) is 0 Å². The molecule has 100 valence electrons. The Hall–Kier alpha value is 0.270. The molecule has 2 fully saturated rings. The van der Waals surface area contributed by atoms with Crippen LogP contribution in [0.5, 0.6) is 0 Å². The Kier molecular flexibility index (Phi) is 4.43. The van der Waals surface area contributed by atoms with E-state index in [4.69, 9.17) is 5.73 Å². The van der Waals surface area contributed by atoms with E-state index in [2.05, 4.69) is 37.4 Å². The molecule has 1 aliphatic carbocycles. The Bertz CT molecular complexity index is 253. The van der Waals surface area contributed by atoms with Crippen molar-refractivity contribution in [3.8, 4) is 0 Å². The van der Waals surface area contributed by atoms with Crippen LogP contribution >= 0.6 is 11.8 Å². The lowest BCUT2D eigenvalue weighted by Crippen LogP contribution is -2.59. The molecule has 0 aromatic heterocycles. The van der Waals surface area contributed by atoms with Gasteiger partial charge < -0.3 is 5.73 Å². The molecule has 2 N–H and O–H groups in total. The highest BCUT2D eigenvalue weighted by atomic mass is 32.2. The van der Waals surface area contributed by atoms with Gasteiger partial charge in [-0.3, -0.25) is 4.90 Å². The standard InChI is InChI=1S/C14H28N2S/c1-11(2)6-7-16(13-4-5-13)14(9-15)10-17-8-12(14)3/h11-13H,4-10,15H2,1-3H3. The molecule has 2 aliphatic rings. The summed E-state index contributed by atoms with van der Waals surface area (Å²) in [7, 11) is 0. The lowest BCUT2D eigenvalue weighted by molar-refractivity contribution is 0.0664. The number of hydrogen-bond donors (Lipinski definition) is 1. The maximum absolute atomic E-state index is 6.18. The molecule has 0 radical (unpaired) electrons. The van der Waals surface area contributed by atoms with Crippen molar-refractivity contribution in [3.05, 3.63) is 0 Å². The summed E-state index contributed by atoms with van der Waals surface area (Å²) in [5, 5.41) is 0. The van der Waals surface area contributed by atoms with E-state index >= 15 is 0 Å². The zero-order valence-corrected chi connectivity index (χ0v) is 12.4. The van der Waals surface area contributed by atoms with Crippen molar-refractivity contribution in [1.29, 1.82) is 0 Å². The second-order valence-corrected chi connectivity index (χ2v) is 7.36. The highest BCUT2D eigenvalue weighted by Gasteiger charge is 2.49. The first-order valence-electron chi connectivity index (χ1n) is 7.14. The van der Waals surface area contributed by atoms with Crippen LogP contribution in [0.4, 0.5) is 0 Å². The Morgan fingerprint density at radius 2 is 2.12 bits per heavy atom. The molecule has 0 amide bonds. The number of hydrogen-bond acceptors (Lipinski definition) is 3. The summed E-state index contributed by atoms with van der Waals surface area (Å²) in [6.07, 6.45) is 4.12. The van der Waals surface area contributed by atoms with Crippen molar-refractivity contribution in [1.82, 2.24) is 4.90 Å². The number of thioether (sulfide) groups is 1. The van der Waals surface area contributed by atoms with Gasteiger partial charge in [-0.2, -0.15) is 11.8 Å². The van der Waals surface area contributed by atoms with Crippen molar-refractivity contribution in [3.63, 3.8) is 0 Å². The molecule has 1 heterocycles. The highest BCUT2D eigenvalue weighted by Crippen LogP contribution is 2.43. The lowest BCUT2D eigenvalue weighted by Gasteiger charge is -2.44. The second-order valence-electron chi connectivity index (χ2n) is 6.33. The first-order valence-corrected chi connectivity index (χ1v) is 8.30. The normalized spacial score (nSPS) is 33.9. The fraction of sp³-hybridized carbons (Fsp3) is 1.00. The summed E-state index contributed by atoms with van der Waals surface area (Å²) in [5.74, 6) is 4.10. The van der Waals surface area contributed by atoms with E-state index < -0.39 is 0 Å². The van der Waals surface area contributed by atoms with Crippen LogP contribution in [0.3, 0.4) is 0 Å². The van der Waals surface area contributed by atoms with Gasteiger partial charge in [0.15, 0.2) is 0 Å². The van der Waals surface area contributed by atoms with E-state index in [1.165, 1.54) is 37.3 Å². The molecule has 0 bridgehead atoms. The summed E-state index contributed by atoms with van der Waals surface area (Å²) >= 11 is 2.10. The third kappa shape index (κ3) is 2.82. The Morgan fingerprint density at radius 1 is 1.41 bits per heavy atom. The van der Waals surface area contributed by atoms with Crippen LogP contribution in [0, 0.1) is 11.8 Å². The first-order chi connectivity index (χ1) is 8.10. The third-order valence-corrected chi connectivity index (χ3v) is 5.94. The molecule has 3 heteroatoms. The van der Waals surface area contributed by atoms with Crippen LogP contribution in [0.15, 0.2) is 0 Å². The fourth-order valence-electron chi connectivity index (χ4n) is 3.01. The van der Waals surface area contributed by atoms with Gasteiger partial charge in [-0.1, -0.05) is 20.8 Å². The predicted octanol–water partition coefficient (Wildman–Crippen LogP) is 2.58. The molecule has 17 heavy (non-hydrogen) atoms. The van der Waals surface area contributed by atoms with Gasteiger partial charge in [-0.25, -0.2) is 0 Å². The van der Waals surface area contributed by atoms with Crippen molar-refractivity contribution >= 4 is 11.8 Å². The van der Waals surface area contributed by atoms with Crippen LogP contribution in [0.25, 0.3) is 0 Å². The quantitative estimate of drug-likeness (QED) is 0.792. The average molecular weight is 256 g/mol. The maximum atomic E-state index is 6.18. The van der Waals surface area contributed by atoms with E-state index in [-0.39, 0.29) is 0 Å². The van der Waals surface area contributed by atoms with Gasteiger partial charge in [0.1, 0.15) is 0 Å². The first kappa shape index (κ1) is 13.7. The maximum Gasteiger partial charge on any atom is 0.0458 e. The van der Waals surface area contributed by atoms with E-state index in [1.807, 2.05) is 0 Å². The molecule has 1 saturated heterocycles. The van der Waals surface area contributed by atoms with Gasteiger partial charge in [0.05, 0.1) is 0 Å². The molecule has 0 aromatic rings. The minimum Gasteiger partial charge on any atom is -0.329 e. The summed E-state index contributed by atoms with van der Waals surface area (Å²) in [6.45, 7) is 9.15. The molecule has 1 aliphatic heterocycles. The molecular weight excluding hydrogens is 228 g/mol. The summed E-state index contributed by atoms with van der Waals surface area (Å²) < 4.78 is 0. The van der Waals surface area contributed by atoms with Crippen LogP contribution in [-0.2, 0) is 0 Å². The van der Waals surface area contributed by atoms with Crippen molar-refractivity contribution in [2.24, 2.45) is 17.6 Å². The van der Waals surface area contributed by atoms with Crippen molar-refractivity contribution < 1.29 is 0 Å². The minimum atomic E-state index is 0.306. The molecule has 2 atom stereocenters. The molecule has 0 aromatic carbocycles. The topological polar surface area (TPSA) is 29.3 Å². The van der Waals surface area contributed by atoms with Gasteiger partial charge in [-0.05, 0) is 43.4 Å². The Balaban J connectivity index is 2.07. The van der Waals surface area contributed by atoms with Crippen LogP contribution < -0.4 is 5.73 Å². The Morgan fingerprint density at radius 3 is 2.53 bits per heavy atom. The number of nitrogens with zero attached hydrogens (tertiary/aromatic N) is 1. The zero-order chi connectivity index (χ0) is 12.5. The largest absolute Gasteiger partial charge is 0.329 e. The molecule has 1 saturated carbocycles. The molecule has 2 rings (SSSR count). The second kappa shape index (κ2) is 5.50. The Labute approximate surface area is 111 Å². The van der Waals surface area contributed by atoms with Crippen LogP contribution in [0.2, 0.25) is 0 Å². The molecular formula is C14H28N2S. The lowest BCUT2D eigenvalue weighted by atomic mass is 9.86. The van der Waals surface area contributed by atoms with Crippen molar-refractivity contribution in [2.75, 3.05) is 24.6 Å². The highest BCUT2D eigenvalue weighted by molar-refractivity contribution is 7.99. The number of rotatable bonds is 6. The van der Waals surface area contributed by atoms with Gasteiger partial charge in [-0.15, -0.1) is 0 Å². The zero-order valence-electron chi connectivity index (χ0n) is 11.6. The van der Waals surface area contributed by atoms with E-state index in [0.29, 0.717) is 5.54 Å². The van der Waals surface area contributed by atoms with Gasteiger partial charge in [0.25, 0.3) is 0 Å². The summed E-state index contributed by atoms with van der Waals surface area (Å²) in [6, 6.07) is 0.846. The molecule has 0 spiro atoms. The summed E-state index contributed by atoms with van der Waals surface area (Å²) in [5.41, 5.74) is 6.48. The molecule has 2 nitrogen and oxygen atoms in total. The minimum absolute atomic E-state index is 0.306. The SMILES string of the molecule is CC(C)CCN(C1CC1)C1(CN)CSCC1C. The van der Waals surface area contributed by atoms with Crippen LogP contribution in [0.1, 0.15) is 40.0 Å². The smallest absolute Gasteiger partial charge is 0.0458 e. The monoisotopic (exact) mass is 256 g/mol. The van der Waals surface area contributed by atoms with Gasteiger partial charge >= 0.3 is 0 Å². The van der Waals surface area contributed by atoms with E-state index in [0.717, 1.165) is 24.4 Å². The number of nitrogens with two attached hydrogens (primary N) is 1. The third-order valence-electron chi connectivity index (χ3n) is 4.50. The predicted molar refractivity (Wildman–Crippen MR) is 77.5 cm³/mol. The van der Waals surface area contributed by atoms with E-state index in [9.17, 15) is 0 Å². The van der Waals surface area contributed by atoms with Crippen LogP contribution in [-0.4, -0.2) is 41.1 Å². The fourth-order valence-corrected chi connectivity index (χ4v) is 4.71. The summed E-state index contributed by atoms with van der Waals surface area (Å²) in [4.78, 5) is 2.79. The van der Waals surface area contributed by atoms with Gasteiger partial charge in [0, 0.05) is 23.9 Å². The average Bonchev–Trinajstić information content (AvgIpc) is 3.04. The van der Waals surface area contributed by atoms with E-state index in [1.54, 1.807) is 0 Å².